The number of carbonyl (C=O) groups is 1. The molecule has 30 heavy (non-hydrogen) atoms. The lowest BCUT2D eigenvalue weighted by Crippen LogP contribution is -2.13. The molecule has 4 aromatic rings. The van der Waals surface area contributed by atoms with Gasteiger partial charge in [-0.05, 0) is 42.5 Å². The number of halogens is 2. The topological polar surface area (TPSA) is 54.4 Å². The van der Waals surface area contributed by atoms with Crippen molar-refractivity contribution in [1.82, 2.24) is 4.98 Å². The molecule has 1 N–H and O–H groups in total. The van der Waals surface area contributed by atoms with Gasteiger partial charge in [-0.2, -0.15) is 0 Å². The van der Waals surface area contributed by atoms with Crippen molar-refractivity contribution in [1.29, 1.82) is 0 Å². The first-order valence-corrected chi connectivity index (χ1v) is 11.5. The van der Waals surface area contributed by atoms with Gasteiger partial charge in [-0.1, -0.05) is 59.2 Å². The summed E-state index contributed by atoms with van der Waals surface area (Å²) in [5.74, 6) is 0.241. The number of rotatable bonds is 6. The van der Waals surface area contributed by atoms with Crippen LogP contribution in [0.4, 0.5) is 11.4 Å². The normalized spacial score (nSPS) is 11.3. The van der Waals surface area contributed by atoms with E-state index in [2.05, 4.69) is 15.3 Å². The average Bonchev–Trinajstić information content (AvgIpc) is 3.15. The molecule has 0 fully saturated rings. The molecule has 0 aliphatic carbocycles. The largest absolute Gasteiger partial charge is 0.325 e. The molecular formula is C22H15Cl2N3OS2. The molecular weight excluding hydrogens is 457 g/mol. The van der Waals surface area contributed by atoms with Gasteiger partial charge in [0.15, 0.2) is 4.34 Å². The van der Waals surface area contributed by atoms with E-state index < -0.39 is 0 Å². The lowest BCUT2D eigenvalue weighted by molar-refractivity contribution is -0.113. The van der Waals surface area contributed by atoms with Crippen LogP contribution in [0.3, 0.4) is 0 Å². The van der Waals surface area contributed by atoms with E-state index in [4.69, 9.17) is 23.2 Å². The lowest BCUT2D eigenvalue weighted by atomic mass is 10.2. The zero-order valence-corrected chi connectivity index (χ0v) is 18.7. The van der Waals surface area contributed by atoms with E-state index >= 15 is 0 Å². The fourth-order valence-corrected chi connectivity index (χ4v) is 4.99. The van der Waals surface area contributed by atoms with Crippen LogP contribution in [0, 0.1) is 0 Å². The maximum atomic E-state index is 12.1. The molecule has 0 radical (unpaired) electrons. The second-order valence-electron chi connectivity index (χ2n) is 6.26. The smallest absolute Gasteiger partial charge is 0.234 e. The minimum absolute atomic E-state index is 0.0596. The van der Waals surface area contributed by atoms with Crippen LogP contribution in [-0.4, -0.2) is 22.9 Å². The van der Waals surface area contributed by atoms with E-state index in [1.54, 1.807) is 29.7 Å². The number of para-hydroxylation sites is 1. The highest BCUT2D eigenvalue weighted by atomic mass is 35.5. The number of thiazole rings is 1. The van der Waals surface area contributed by atoms with Crippen LogP contribution in [0.1, 0.15) is 5.56 Å². The fraction of sp³-hybridized carbons (Fsp3) is 0.0455. The number of nitrogens with zero attached hydrogens (tertiary/aromatic N) is 2. The monoisotopic (exact) mass is 471 g/mol. The van der Waals surface area contributed by atoms with Crippen molar-refractivity contribution in [2.24, 2.45) is 4.99 Å². The summed E-state index contributed by atoms with van der Waals surface area (Å²) in [7, 11) is 0. The molecule has 0 saturated heterocycles. The summed E-state index contributed by atoms with van der Waals surface area (Å²) in [6.45, 7) is 0. The average molecular weight is 472 g/mol. The number of fused-ring (bicyclic) bond motifs is 1. The lowest BCUT2D eigenvalue weighted by Gasteiger charge is -2.03. The van der Waals surface area contributed by atoms with E-state index in [0.717, 1.165) is 31.5 Å². The van der Waals surface area contributed by atoms with Crippen molar-refractivity contribution in [3.8, 4) is 0 Å². The molecule has 1 aromatic heterocycles. The van der Waals surface area contributed by atoms with Crippen molar-refractivity contribution >= 4 is 80.0 Å². The first-order chi connectivity index (χ1) is 14.6. The Morgan fingerprint density at radius 1 is 1.10 bits per heavy atom. The third kappa shape index (κ3) is 5.40. The van der Waals surface area contributed by atoms with Gasteiger partial charge in [0, 0.05) is 22.5 Å². The van der Waals surface area contributed by atoms with Gasteiger partial charge in [0.2, 0.25) is 5.91 Å². The van der Waals surface area contributed by atoms with E-state index in [1.165, 1.54) is 11.8 Å². The molecule has 150 valence electrons. The van der Waals surface area contributed by atoms with Crippen LogP contribution in [0.25, 0.3) is 10.2 Å². The Morgan fingerprint density at radius 3 is 2.73 bits per heavy atom. The summed E-state index contributed by atoms with van der Waals surface area (Å²) < 4.78 is 1.85. The third-order valence-electron chi connectivity index (χ3n) is 4.05. The number of benzene rings is 3. The molecule has 0 spiro atoms. The SMILES string of the molecule is O=C(CSc1nc2ccc(N=Cc3ccc(Cl)cc3Cl)cc2s1)Nc1ccccc1. The second-order valence-corrected chi connectivity index (χ2v) is 9.36. The second kappa shape index (κ2) is 9.62. The summed E-state index contributed by atoms with van der Waals surface area (Å²) in [6.07, 6.45) is 1.71. The minimum Gasteiger partial charge on any atom is -0.325 e. The van der Waals surface area contributed by atoms with Gasteiger partial charge in [-0.15, -0.1) is 11.3 Å². The van der Waals surface area contributed by atoms with Crippen LogP contribution in [0.5, 0.6) is 0 Å². The molecule has 8 heteroatoms. The maximum Gasteiger partial charge on any atom is 0.234 e. The molecule has 0 aliphatic rings. The van der Waals surface area contributed by atoms with Crippen LogP contribution in [0.15, 0.2) is 76.1 Å². The highest BCUT2D eigenvalue weighted by molar-refractivity contribution is 8.01. The van der Waals surface area contributed by atoms with E-state index in [1.807, 2.05) is 54.6 Å². The van der Waals surface area contributed by atoms with Gasteiger partial charge in [0.05, 0.1) is 26.7 Å². The number of aliphatic imine (C=N–C) groups is 1. The molecule has 0 aliphatic heterocycles. The van der Waals surface area contributed by atoms with Crippen molar-refractivity contribution in [3.05, 3.63) is 82.3 Å². The zero-order chi connectivity index (χ0) is 20.9. The summed E-state index contributed by atoms with van der Waals surface area (Å²) in [5, 5.41) is 4.02. The first kappa shape index (κ1) is 20.9. The highest BCUT2D eigenvalue weighted by Crippen LogP contribution is 2.32. The predicted molar refractivity (Wildman–Crippen MR) is 129 cm³/mol. The van der Waals surface area contributed by atoms with Gasteiger partial charge in [0.1, 0.15) is 0 Å². The number of hydrogen-bond donors (Lipinski definition) is 1. The van der Waals surface area contributed by atoms with Crippen molar-refractivity contribution in [2.75, 3.05) is 11.1 Å². The number of amides is 1. The minimum atomic E-state index is -0.0596. The summed E-state index contributed by atoms with van der Waals surface area (Å²) in [4.78, 5) is 21.2. The number of anilines is 1. The molecule has 4 rings (SSSR count). The molecule has 0 saturated carbocycles. The Labute approximate surface area is 192 Å². The molecule has 4 nitrogen and oxygen atoms in total. The number of nitrogens with one attached hydrogen (secondary N) is 1. The molecule has 1 amide bonds. The highest BCUT2D eigenvalue weighted by Gasteiger charge is 2.09. The van der Waals surface area contributed by atoms with E-state index in [-0.39, 0.29) is 5.91 Å². The Hall–Kier alpha value is -2.38. The van der Waals surface area contributed by atoms with Crippen LogP contribution in [0.2, 0.25) is 10.0 Å². The Kier molecular flexibility index (Phi) is 6.69. The van der Waals surface area contributed by atoms with Crippen LogP contribution in [-0.2, 0) is 4.79 Å². The quantitative estimate of drug-likeness (QED) is 0.241. The van der Waals surface area contributed by atoms with Gasteiger partial charge >= 0.3 is 0 Å². The van der Waals surface area contributed by atoms with Crippen LogP contribution >= 0.6 is 46.3 Å². The number of aromatic nitrogens is 1. The van der Waals surface area contributed by atoms with Gasteiger partial charge in [-0.3, -0.25) is 9.79 Å². The van der Waals surface area contributed by atoms with E-state index in [0.29, 0.717) is 15.8 Å². The van der Waals surface area contributed by atoms with Crippen LogP contribution < -0.4 is 5.32 Å². The standard InChI is InChI=1S/C22H15Cl2N3OS2/c23-15-7-6-14(18(24)10-15)12-25-17-8-9-19-20(11-17)30-22(27-19)29-13-21(28)26-16-4-2-1-3-5-16/h1-12H,13H2,(H,26,28). The number of carbonyl (C=O) groups excluding carboxylic acids is 1. The van der Waals surface area contributed by atoms with Gasteiger partial charge < -0.3 is 5.32 Å². The zero-order valence-electron chi connectivity index (χ0n) is 15.5. The van der Waals surface area contributed by atoms with Crippen molar-refractivity contribution in [2.45, 2.75) is 4.34 Å². The fourth-order valence-electron chi connectivity index (χ4n) is 2.63. The van der Waals surface area contributed by atoms with Gasteiger partial charge in [-0.25, -0.2) is 4.98 Å². The predicted octanol–water partition coefficient (Wildman–Crippen LogP) is 7.08. The number of thioether (sulfide) groups is 1. The number of hydrogen-bond acceptors (Lipinski definition) is 5. The molecule has 3 aromatic carbocycles. The summed E-state index contributed by atoms with van der Waals surface area (Å²) in [6, 6.07) is 20.5. The molecule has 0 unspecified atom stereocenters. The third-order valence-corrected chi connectivity index (χ3v) is 6.78. The molecule has 0 bridgehead atoms. The summed E-state index contributed by atoms with van der Waals surface area (Å²) in [5.41, 5.74) is 3.27. The molecule has 0 atom stereocenters. The maximum absolute atomic E-state index is 12.1. The van der Waals surface area contributed by atoms with Crippen molar-refractivity contribution in [3.63, 3.8) is 0 Å². The summed E-state index contributed by atoms with van der Waals surface area (Å²) >= 11 is 15.1. The van der Waals surface area contributed by atoms with Gasteiger partial charge in [0.25, 0.3) is 0 Å². The Morgan fingerprint density at radius 2 is 1.93 bits per heavy atom. The van der Waals surface area contributed by atoms with E-state index in [9.17, 15) is 4.79 Å². The Bertz CT molecular complexity index is 1230. The Balaban J connectivity index is 1.42. The first-order valence-electron chi connectivity index (χ1n) is 8.94. The van der Waals surface area contributed by atoms with Crippen molar-refractivity contribution < 1.29 is 4.79 Å². The molecule has 1 heterocycles.